The monoisotopic (exact) mass is 557 g/mol. The average Bonchev–Trinajstić information content (AvgIpc) is 3.72. The Kier molecular flexibility index (Phi) is 8.04. The quantitative estimate of drug-likeness (QED) is 0.180. The number of rotatable bonds is 8. The molecular formula is C29H27ClF3N3O3. The average molecular weight is 558 g/mol. The zero-order chi connectivity index (χ0) is 28.5. The number of alkyl halides is 2. The summed E-state index contributed by atoms with van der Waals surface area (Å²) >= 11 is 6.32. The van der Waals surface area contributed by atoms with Crippen LogP contribution in [-0.4, -0.2) is 17.0 Å². The molecule has 1 aliphatic carbocycles. The molecule has 10 heteroatoms. The van der Waals surface area contributed by atoms with Crippen LogP contribution in [0.4, 0.5) is 18.9 Å². The molecule has 0 radical (unpaired) electrons. The van der Waals surface area contributed by atoms with Crippen LogP contribution in [0.25, 0.3) is 11.1 Å². The number of halogens is 4. The molecule has 39 heavy (non-hydrogen) atoms. The second kappa shape index (κ2) is 11.1. The molecule has 0 aromatic heterocycles. The molecular weight excluding hydrogens is 531 g/mol. The number of anilines is 1. The second-order valence-corrected chi connectivity index (χ2v) is 9.98. The van der Waals surface area contributed by atoms with Gasteiger partial charge in [0.2, 0.25) is 0 Å². The lowest BCUT2D eigenvalue weighted by Crippen LogP contribution is -2.31. The van der Waals surface area contributed by atoms with Crippen LogP contribution in [0.15, 0.2) is 66.0 Å². The maximum atomic E-state index is 14.8. The van der Waals surface area contributed by atoms with E-state index in [0.29, 0.717) is 18.4 Å². The summed E-state index contributed by atoms with van der Waals surface area (Å²) in [6.07, 6.45) is 0.869. The molecule has 0 bridgehead atoms. The molecule has 4 N–H and O–H groups in total. The molecule has 1 saturated carbocycles. The topological polar surface area (TPSA) is 90.5 Å². The van der Waals surface area contributed by atoms with Crippen molar-refractivity contribution in [3.8, 4) is 11.1 Å². The first-order valence-corrected chi connectivity index (χ1v) is 12.6. The van der Waals surface area contributed by atoms with E-state index in [1.807, 2.05) is 32.0 Å². The molecule has 2 amide bonds. The Morgan fingerprint density at radius 2 is 1.67 bits per heavy atom. The van der Waals surface area contributed by atoms with E-state index in [2.05, 4.69) is 10.6 Å². The van der Waals surface area contributed by atoms with Crippen molar-refractivity contribution in [1.29, 1.82) is 0 Å². The van der Waals surface area contributed by atoms with Gasteiger partial charge in [-0.2, -0.15) is 0 Å². The minimum atomic E-state index is -3.02. The van der Waals surface area contributed by atoms with Gasteiger partial charge in [-0.1, -0.05) is 41.9 Å². The Morgan fingerprint density at radius 1 is 1.03 bits per heavy atom. The van der Waals surface area contributed by atoms with E-state index in [1.54, 1.807) is 5.48 Å². The highest BCUT2D eigenvalue weighted by atomic mass is 35.5. The lowest BCUT2D eigenvalue weighted by Gasteiger charge is -2.18. The summed E-state index contributed by atoms with van der Waals surface area (Å²) in [5.74, 6) is -6.41. The molecule has 0 unspecified atom stereocenters. The lowest BCUT2D eigenvalue weighted by molar-refractivity contribution is -0.114. The first-order chi connectivity index (χ1) is 18.4. The van der Waals surface area contributed by atoms with E-state index in [-0.39, 0.29) is 27.5 Å². The molecule has 0 atom stereocenters. The molecule has 4 rings (SSSR count). The smallest absolute Gasteiger partial charge is 0.276 e. The van der Waals surface area contributed by atoms with Gasteiger partial charge in [0, 0.05) is 28.4 Å². The molecule has 0 spiro atoms. The van der Waals surface area contributed by atoms with Gasteiger partial charge in [-0.25, -0.2) is 13.2 Å². The minimum absolute atomic E-state index is 0.0756. The summed E-state index contributed by atoms with van der Waals surface area (Å²) in [6, 6.07) is 13.2. The maximum Gasteiger partial charge on any atom is 0.276 e. The van der Waals surface area contributed by atoms with Crippen LogP contribution >= 0.6 is 11.6 Å². The molecule has 6 nitrogen and oxygen atoms in total. The van der Waals surface area contributed by atoms with E-state index in [4.69, 9.17) is 11.6 Å². The van der Waals surface area contributed by atoms with E-state index in [0.717, 1.165) is 28.8 Å². The first-order valence-electron chi connectivity index (χ1n) is 12.2. The summed E-state index contributed by atoms with van der Waals surface area (Å²) < 4.78 is 43.8. The molecule has 1 fully saturated rings. The highest BCUT2D eigenvalue weighted by Gasteiger charge is 2.48. The third-order valence-corrected chi connectivity index (χ3v) is 6.97. The number of benzene rings is 3. The van der Waals surface area contributed by atoms with Crippen molar-refractivity contribution in [2.24, 2.45) is 5.92 Å². The predicted octanol–water partition coefficient (Wildman–Crippen LogP) is 6.84. The summed E-state index contributed by atoms with van der Waals surface area (Å²) in [5.41, 5.74) is 3.62. The lowest BCUT2D eigenvalue weighted by atomic mass is 9.94. The van der Waals surface area contributed by atoms with Crippen LogP contribution in [0.1, 0.15) is 46.8 Å². The summed E-state index contributed by atoms with van der Waals surface area (Å²) in [6.45, 7) is 5.05. The molecule has 3 aromatic carbocycles. The fraction of sp³-hybridized carbons (Fsp3) is 0.241. The van der Waals surface area contributed by atoms with E-state index in [9.17, 15) is 28.0 Å². The highest BCUT2D eigenvalue weighted by Crippen LogP contribution is 2.49. The predicted molar refractivity (Wildman–Crippen MR) is 143 cm³/mol. The number of carbonyl (C=O) groups excluding carboxylic acids is 2. The zero-order valence-electron chi connectivity index (χ0n) is 21.5. The second-order valence-electron chi connectivity index (χ2n) is 9.58. The number of hydrogen-bond donors (Lipinski definition) is 4. The maximum absolute atomic E-state index is 14.8. The Morgan fingerprint density at radius 3 is 2.28 bits per heavy atom. The first kappa shape index (κ1) is 28.2. The van der Waals surface area contributed by atoms with E-state index >= 15 is 0 Å². The normalized spacial score (nSPS) is 13.9. The van der Waals surface area contributed by atoms with Gasteiger partial charge in [0.1, 0.15) is 11.5 Å². The minimum Gasteiger partial charge on any atom is -0.324 e. The van der Waals surface area contributed by atoms with Crippen LogP contribution in [-0.2, 0) is 10.7 Å². The SMILES string of the molecule is C/C(NC(=O)c1cc(-c2c(C)cccc2C)c(Cl)cc1F)=C(/NO)C(=O)Nc1cccc(C(F)(F)C2CC2)c1. The fourth-order valence-electron chi connectivity index (χ4n) is 4.44. The summed E-state index contributed by atoms with van der Waals surface area (Å²) in [7, 11) is 0. The van der Waals surface area contributed by atoms with Crippen molar-refractivity contribution in [2.45, 2.75) is 39.5 Å². The van der Waals surface area contributed by atoms with Crippen LogP contribution < -0.4 is 16.1 Å². The number of allylic oxidation sites excluding steroid dienone is 1. The van der Waals surface area contributed by atoms with Gasteiger partial charge in [0.05, 0.1) is 10.6 Å². The van der Waals surface area contributed by atoms with Crippen LogP contribution in [0, 0.1) is 25.6 Å². The number of hydroxylamine groups is 1. The van der Waals surface area contributed by atoms with Gasteiger partial charge in [-0.15, -0.1) is 0 Å². The van der Waals surface area contributed by atoms with E-state index in [1.165, 1.54) is 31.2 Å². The fourth-order valence-corrected chi connectivity index (χ4v) is 4.68. The Balaban J connectivity index is 1.57. The molecule has 3 aromatic rings. The third kappa shape index (κ3) is 5.94. The Labute approximate surface area is 228 Å². The van der Waals surface area contributed by atoms with Gasteiger partial charge >= 0.3 is 0 Å². The van der Waals surface area contributed by atoms with Crippen LogP contribution in [0.3, 0.4) is 0 Å². The van der Waals surface area contributed by atoms with Gasteiger partial charge < -0.3 is 10.6 Å². The Hall–Kier alpha value is -3.82. The number of nitrogens with one attached hydrogen (secondary N) is 3. The van der Waals surface area contributed by atoms with Gasteiger partial charge in [0.15, 0.2) is 0 Å². The van der Waals surface area contributed by atoms with Crippen LogP contribution in [0.2, 0.25) is 5.02 Å². The number of hydrogen-bond acceptors (Lipinski definition) is 4. The van der Waals surface area contributed by atoms with Crippen molar-refractivity contribution in [3.63, 3.8) is 0 Å². The largest absolute Gasteiger partial charge is 0.324 e. The highest BCUT2D eigenvalue weighted by molar-refractivity contribution is 6.33. The summed E-state index contributed by atoms with van der Waals surface area (Å²) in [5, 5.41) is 14.6. The molecule has 0 aliphatic heterocycles. The number of amides is 2. The van der Waals surface area contributed by atoms with Crippen molar-refractivity contribution in [2.75, 3.05) is 5.32 Å². The van der Waals surface area contributed by atoms with Gasteiger partial charge in [0.25, 0.3) is 17.7 Å². The van der Waals surface area contributed by atoms with Crippen molar-refractivity contribution in [3.05, 3.63) is 99.1 Å². The molecule has 0 heterocycles. The van der Waals surface area contributed by atoms with Gasteiger partial charge in [-0.3, -0.25) is 20.3 Å². The third-order valence-electron chi connectivity index (χ3n) is 6.66. The molecule has 1 aliphatic rings. The van der Waals surface area contributed by atoms with Gasteiger partial charge in [-0.05, 0) is 74.6 Å². The Bertz CT molecular complexity index is 1470. The molecule has 0 saturated heterocycles. The van der Waals surface area contributed by atoms with Crippen molar-refractivity contribution < 1.29 is 28.0 Å². The van der Waals surface area contributed by atoms with E-state index < -0.39 is 35.2 Å². The summed E-state index contributed by atoms with van der Waals surface area (Å²) in [4.78, 5) is 25.8. The number of carbonyl (C=O) groups is 2. The standard InChI is InChI=1S/C29H27ClF3N3O3/c1-15-6-4-7-16(2)25(15)21-13-22(24(31)14-23(21)30)27(37)34-17(3)26(36-39)28(38)35-20-9-5-8-19(12-20)29(32,33)18-10-11-18/h4-9,12-14,18,36,39H,10-11H2,1-3H3,(H,34,37)(H,35,38)/b26-17-. The molecule has 204 valence electrons. The van der Waals surface area contributed by atoms with Crippen molar-refractivity contribution >= 4 is 29.1 Å². The van der Waals surface area contributed by atoms with Crippen molar-refractivity contribution in [1.82, 2.24) is 10.8 Å². The zero-order valence-corrected chi connectivity index (χ0v) is 22.2. The number of aryl methyl sites for hydroxylation is 2. The van der Waals surface area contributed by atoms with Crippen LogP contribution in [0.5, 0.6) is 0 Å².